The van der Waals surface area contributed by atoms with Crippen LogP contribution in [0, 0.1) is 0 Å². The van der Waals surface area contributed by atoms with Gasteiger partial charge in [-0.25, -0.2) is 13.1 Å². The van der Waals surface area contributed by atoms with Gasteiger partial charge in [-0.3, -0.25) is 4.79 Å². The van der Waals surface area contributed by atoms with Gasteiger partial charge in [-0.05, 0) is 6.07 Å². The quantitative estimate of drug-likeness (QED) is 0.633. The van der Waals surface area contributed by atoms with E-state index in [2.05, 4.69) is 10.0 Å². The number of hydrogen-bond donors (Lipinski definition) is 3. The third-order valence-corrected chi connectivity index (χ3v) is 4.79. The number of nitrogens with zero attached hydrogens (tertiary/aromatic N) is 1. The number of carbonyl (C=O) groups is 1. The first-order chi connectivity index (χ1) is 9.77. The van der Waals surface area contributed by atoms with E-state index < -0.39 is 15.6 Å². The molecular weight excluding hydrogens is 298 g/mol. The molecule has 8 nitrogen and oxygen atoms in total. The van der Waals surface area contributed by atoms with Gasteiger partial charge in [-0.15, -0.1) is 0 Å². The maximum absolute atomic E-state index is 12.2. The van der Waals surface area contributed by atoms with Crippen molar-refractivity contribution in [3.63, 3.8) is 0 Å². The molecule has 0 aliphatic carbocycles. The van der Waals surface area contributed by atoms with Crippen molar-refractivity contribution in [2.45, 2.75) is 16.9 Å². The van der Waals surface area contributed by atoms with Crippen molar-refractivity contribution >= 4 is 15.9 Å². The van der Waals surface area contributed by atoms with Crippen LogP contribution < -0.4 is 10.0 Å². The van der Waals surface area contributed by atoms with Crippen molar-refractivity contribution in [1.29, 1.82) is 0 Å². The van der Waals surface area contributed by atoms with Crippen molar-refractivity contribution < 1.29 is 23.1 Å². The topological polar surface area (TPSA) is 110 Å². The second-order valence-corrected chi connectivity index (χ2v) is 6.87. The van der Waals surface area contributed by atoms with E-state index >= 15 is 0 Å². The largest absolute Gasteiger partial charge is 0.386 e. The van der Waals surface area contributed by atoms with Crippen LogP contribution in [0.25, 0.3) is 0 Å². The Morgan fingerprint density at radius 2 is 2.29 bits per heavy atom. The summed E-state index contributed by atoms with van der Waals surface area (Å²) >= 11 is 0. The number of hydrogen-bond acceptors (Lipinski definition) is 5. The van der Waals surface area contributed by atoms with Gasteiger partial charge in [0.25, 0.3) is 5.91 Å². The third kappa shape index (κ3) is 3.43. The summed E-state index contributed by atoms with van der Waals surface area (Å²) in [7, 11) is -0.741. The van der Waals surface area contributed by atoms with Gasteiger partial charge in [0.05, 0.1) is 6.61 Å². The number of sulfonamides is 1. The summed E-state index contributed by atoms with van der Waals surface area (Å²) in [6.45, 7) is 0.387. The Morgan fingerprint density at radius 1 is 1.57 bits per heavy atom. The summed E-state index contributed by atoms with van der Waals surface area (Å²) in [5, 5.41) is 12.5. The number of carbonyl (C=O) groups excluding carboxylic acids is 1. The van der Waals surface area contributed by atoms with Gasteiger partial charge in [-0.2, -0.15) is 0 Å². The molecule has 0 bridgehead atoms. The van der Waals surface area contributed by atoms with Gasteiger partial charge < -0.3 is 19.7 Å². The zero-order valence-electron chi connectivity index (χ0n) is 11.9. The fourth-order valence-electron chi connectivity index (χ4n) is 2.08. The van der Waals surface area contributed by atoms with E-state index in [1.165, 1.54) is 23.9 Å². The number of ether oxygens (including phenoxy) is 1. The summed E-state index contributed by atoms with van der Waals surface area (Å²) < 4.78 is 33.2. The first kappa shape index (κ1) is 16.0. The number of aryl methyl sites for hydroxylation is 1. The van der Waals surface area contributed by atoms with Crippen LogP contribution in [-0.4, -0.2) is 56.4 Å². The molecule has 21 heavy (non-hydrogen) atoms. The van der Waals surface area contributed by atoms with E-state index in [0.29, 0.717) is 13.0 Å². The summed E-state index contributed by atoms with van der Waals surface area (Å²) in [4.78, 5) is 11.6. The smallest absolute Gasteiger partial charge is 0.267 e. The Hall–Kier alpha value is -1.42. The molecule has 1 saturated heterocycles. The van der Waals surface area contributed by atoms with Crippen LogP contribution in [0.4, 0.5) is 0 Å². The molecule has 0 aromatic carbocycles. The summed E-state index contributed by atoms with van der Waals surface area (Å²) in [6, 6.07) is 1.29. The molecule has 0 radical (unpaired) electrons. The number of nitrogens with one attached hydrogen (secondary N) is 2. The van der Waals surface area contributed by atoms with Gasteiger partial charge in [0.15, 0.2) is 0 Å². The maximum Gasteiger partial charge on any atom is 0.267 e. The molecular formula is C12H19N3O5S. The van der Waals surface area contributed by atoms with Gasteiger partial charge in [-0.1, -0.05) is 0 Å². The van der Waals surface area contributed by atoms with Crippen LogP contribution >= 0.6 is 0 Å². The summed E-state index contributed by atoms with van der Waals surface area (Å²) in [5.41, 5.74) is -0.938. The average Bonchev–Trinajstić information content (AvgIpc) is 3.03. The number of amides is 1. The molecule has 1 amide bonds. The monoisotopic (exact) mass is 317 g/mol. The minimum absolute atomic E-state index is 0.0221. The highest BCUT2D eigenvalue weighted by Crippen LogP contribution is 2.19. The number of aromatic nitrogens is 1. The Balaban J connectivity index is 2.14. The van der Waals surface area contributed by atoms with Crippen molar-refractivity contribution in [3.8, 4) is 0 Å². The highest BCUT2D eigenvalue weighted by atomic mass is 32.2. The fourth-order valence-corrected chi connectivity index (χ4v) is 3.27. The van der Waals surface area contributed by atoms with E-state index in [1.54, 1.807) is 7.05 Å². The second kappa shape index (κ2) is 5.76. The first-order valence-electron chi connectivity index (χ1n) is 6.46. The second-order valence-electron chi connectivity index (χ2n) is 5.10. The van der Waals surface area contributed by atoms with Crippen LogP contribution in [-0.2, 0) is 21.8 Å². The SMILES string of the molecule is CNC(=O)c1cc(S(=O)(=O)NCC2(O)CCOC2)cn1C. The molecule has 1 aromatic heterocycles. The zero-order chi connectivity index (χ0) is 15.7. The van der Waals surface area contributed by atoms with Crippen molar-refractivity contribution in [2.75, 3.05) is 26.8 Å². The highest BCUT2D eigenvalue weighted by Gasteiger charge is 2.34. The molecule has 2 rings (SSSR count). The van der Waals surface area contributed by atoms with Crippen LogP contribution in [0.5, 0.6) is 0 Å². The Labute approximate surface area is 123 Å². The number of rotatable bonds is 5. The Kier molecular flexibility index (Phi) is 4.38. The summed E-state index contributed by atoms with van der Waals surface area (Å²) in [5.74, 6) is -0.373. The van der Waals surface area contributed by atoms with Crippen molar-refractivity contribution in [3.05, 3.63) is 18.0 Å². The van der Waals surface area contributed by atoms with Crippen LogP contribution in [0.15, 0.2) is 17.2 Å². The Bertz CT molecular complexity index is 631. The molecule has 1 aliphatic rings. The highest BCUT2D eigenvalue weighted by molar-refractivity contribution is 7.89. The minimum Gasteiger partial charge on any atom is -0.386 e. The molecule has 9 heteroatoms. The molecule has 1 atom stereocenters. The summed E-state index contributed by atoms with van der Waals surface area (Å²) in [6.07, 6.45) is 1.73. The maximum atomic E-state index is 12.2. The molecule has 118 valence electrons. The van der Waals surface area contributed by atoms with E-state index in [4.69, 9.17) is 4.74 Å². The molecule has 2 heterocycles. The van der Waals surface area contributed by atoms with Gasteiger partial charge in [0.2, 0.25) is 10.0 Å². The zero-order valence-corrected chi connectivity index (χ0v) is 12.7. The normalized spacial score (nSPS) is 22.4. The lowest BCUT2D eigenvalue weighted by Crippen LogP contribution is -2.43. The third-order valence-electron chi connectivity index (χ3n) is 3.42. The van der Waals surface area contributed by atoms with Crippen LogP contribution in [0.3, 0.4) is 0 Å². The lowest BCUT2D eigenvalue weighted by atomic mass is 10.1. The van der Waals surface area contributed by atoms with Crippen LogP contribution in [0.2, 0.25) is 0 Å². The van der Waals surface area contributed by atoms with Gasteiger partial charge in [0.1, 0.15) is 16.2 Å². The lowest BCUT2D eigenvalue weighted by molar-refractivity contribution is 0.0314. The van der Waals surface area contributed by atoms with E-state index in [-0.39, 0.29) is 29.6 Å². The van der Waals surface area contributed by atoms with E-state index in [0.717, 1.165) is 0 Å². The minimum atomic E-state index is -3.80. The number of aliphatic hydroxyl groups is 1. The molecule has 1 unspecified atom stereocenters. The molecule has 0 saturated carbocycles. The average molecular weight is 317 g/mol. The predicted molar refractivity (Wildman–Crippen MR) is 74.4 cm³/mol. The first-order valence-corrected chi connectivity index (χ1v) is 7.94. The standard InChI is InChI=1S/C12H19N3O5S/c1-13-11(16)10-5-9(6-15(10)2)21(18,19)14-7-12(17)3-4-20-8-12/h5-6,14,17H,3-4,7-8H2,1-2H3,(H,13,16). The molecule has 1 aliphatic heterocycles. The lowest BCUT2D eigenvalue weighted by Gasteiger charge is -2.20. The van der Waals surface area contributed by atoms with Crippen molar-refractivity contribution in [2.24, 2.45) is 7.05 Å². The van der Waals surface area contributed by atoms with E-state index in [1.807, 2.05) is 0 Å². The van der Waals surface area contributed by atoms with Crippen LogP contribution in [0.1, 0.15) is 16.9 Å². The van der Waals surface area contributed by atoms with Crippen molar-refractivity contribution in [1.82, 2.24) is 14.6 Å². The molecule has 1 fully saturated rings. The molecule has 3 N–H and O–H groups in total. The molecule has 0 spiro atoms. The Morgan fingerprint density at radius 3 is 2.86 bits per heavy atom. The van der Waals surface area contributed by atoms with E-state index in [9.17, 15) is 18.3 Å². The molecule has 1 aromatic rings. The van der Waals surface area contributed by atoms with Gasteiger partial charge >= 0.3 is 0 Å². The van der Waals surface area contributed by atoms with Gasteiger partial charge in [0, 0.05) is 39.9 Å². The predicted octanol–water partition coefficient (Wildman–Crippen LogP) is -1.19. The fraction of sp³-hybridized carbons (Fsp3) is 0.583.